The number of fused-ring (bicyclic) bond motifs is 1. The van der Waals surface area contributed by atoms with E-state index in [0.717, 1.165) is 29.2 Å². The van der Waals surface area contributed by atoms with Gasteiger partial charge in [0, 0.05) is 23.8 Å². The molecule has 0 saturated heterocycles. The van der Waals surface area contributed by atoms with Crippen molar-refractivity contribution in [1.29, 1.82) is 0 Å². The standard InChI is InChI=1S/C12H13N3O2S2/c16-19(17,15-8-12-14-5-6-18-12)10-1-2-11-9(7-10)3-4-13-11/h1-2,5-7,13,15H,3-4,8H2. The molecule has 2 N–H and O–H groups in total. The Labute approximate surface area is 115 Å². The number of anilines is 1. The Morgan fingerprint density at radius 3 is 3.11 bits per heavy atom. The lowest BCUT2D eigenvalue weighted by molar-refractivity contribution is 0.581. The van der Waals surface area contributed by atoms with E-state index in [-0.39, 0.29) is 6.54 Å². The van der Waals surface area contributed by atoms with Gasteiger partial charge in [0.2, 0.25) is 10.0 Å². The summed E-state index contributed by atoms with van der Waals surface area (Å²) >= 11 is 1.43. The smallest absolute Gasteiger partial charge is 0.240 e. The lowest BCUT2D eigenvalue weighted by Gasteiger charge is -2.07. The molecule has 0 saturated carbocycles. The minimum atomic E-state index is -3.47. The van der Waals surface area contributed by atoms with Crippen LogP contribution in [0.2, 0.25) is 0 Å². The van der Waals surface area contributed by atoms with Crippen molar-refractivity contribution in [2.75, 3.05) is 11.9 Å². The molecule has 3 rings (SSSR count). The molecule has 0 amide bonds. The topological polar surface area (TPSA) is 71.1 Å². The molecule has 0 fully saturated rings. The van der Waals surface area contributed by atoms with Crippen molar-refractivity contribution in [2.24, 2.45) is 0 Å². The molecule has 0 bridgehead atoms. The highest BCUT2D eigenvalue weighted by Gasteiger charge is 2.18. The van der Waals surface area contributed by atoms with Gasteiger partial charge in [-0.1, -0.05) is 0 Å². The fourth-order valence-corrected chi connectivity index (χ4v) is 3.71. The normalized spacial score (nSPS) is 14.1. The highest BCUT2D eigenvalue weighted by Crippen LogP contribution is 2.25. The van der Waals surface area contributed by atoms with Crippen LogP contribution in [0, 0.1) is 0 Å². The fraction of sp³-hybridized carbons (Fsp3) is 0.250. The third-order valence-corrected chi connectivity index (χ3v) is 5.17. The van der Waals surface area contributed by atoms with Crippen molar-refractivity contribution in [1.82, 2.24) is 9.71 Å². The van der Waals surface area contributed by atoms with E-state index < -0.39 is 10.0 Å². The van der Waals surface area contributed by atoms with Gasteiger partial charge >= 0.3 is 0 Å². The Balaban J connectivity index is 1.80. The van der Waals surface area contributed by atoms with Crippen LogP contribution in [0.15, 0.2) is 34.7 Å². The molecular formula is C12H13N3O2S2. The van der Waals surface area contributed by atoms with Crippen LogP contribution >= 0.6 is 11.3 Å². The SMILES string of the molecule is O=S(=O)(NCc1nccs1)c1ccc2c(c1)CCN2. The summed E-state index contributed by atoms with van der Waals surface area (Å²) in [6.45, 7) is 1.10. The van der Waals surface area contributed by atoms with Crippen molar-refractivity contribution in [3.05, 3.63) is 40.3 Å². The molecule has 2 heterocycles. The maximum Gasteiger partial charge on any atom is 0.240 e. The highest BCUT2D eigenvalue weighted by atomic mass is 32.2. The molecule has 19 heavy (non-hydrogen) atoms. The number of thiazole rings is 1. The van der Waals surface area contributed by atoms with E-state index in [1.807, 2.05) is 11.4 Å². The Kier molecular flexibility index (Phi) is 3.26. The first-order chi connectivity index (χ1) is 9.15. The second-order valence-corrected chi connectivity index (χ2v) is 6.99. The van der Waals surface area contributed by atoms with E-state index in [2.05, 4.69) is 15.0 Å². The number of hydrogen-bond donors (Lipinski definition) is 2. The molecule has 0 atom stereocenters. The number of aromatic nitrogens is 1. The second kappa shape index (κ2) is 4.92. The predicted molar refractivity (Wildman–Crippen MR) is 74.8 cm³/mol. The summed E-state index contributed by atoms with van der Waals surface area (Å²) in [5.41, 5.74) is 2.08. The Morgan fingerprint density at radius 1 is 1.42 bits per heavy atom. The van der Waals surface area contributed by atoms with Gasteiger partial charge in [-0.05, 0) is 30.2 Å². The fourth-order valence-electron chi connectivity index (χ4n) is 2.03. The van der Waals surface area contributed by atoms with Gasteiger partial charge in [-0.3, -0.25) is 0 Å². The number of nitrogens with one attached hydrogen (secondary N) is 2. The van der Waals surface area contributed by atoms with Crippen molar-refractivity contribution in [3.8, 4) is 0 Å². The molecule has 5 nitrogen and oxygen atoms in total. The first-order valence-corrected chi connectivity index (χ1v) is 8.26. The van der Waals surface area contributed by atoms with Crippen LogP contribution in [0.25, 0.3) is 0 Å². The summed E-state index contributed by atoms with van der Waals surface area (Å²) in [6, 6.07) is 5.18. The van der Waals surface area contributed by atoms with Gasteiger partial charge in [0.05, 0.1) is 11.4 Å². The lowest BCUT2D eigenvalue weighted by atomic mass is 10.2. The van der Waals surface area contributed by atoms with E-state index in [4.69, 9.17) is 0 Å². The van der Waals surface area contributed by atoms with Crippen LogP contribution in [-0.4, -0.2) is 19.9 Å². The van der Waals surface area contributed by atoms with E-state index >= 15 is 0 Å². The zero-order chi connectivity index (χ0) is 13.3. The minimum Gasteiger partial charge on any atom is -0.384 e. The number of nitrogens with zero attached hydrogens (tertiary/aromatic N) is 1. The first kappa shape index (κ1) is 12.6. The largest absolute Gasteiger partial charge is 0.384 e. The molecule has 100 valence electrons. The molecule has 2 aromatic rings. The quantitative estimate of drug-likeness (QED) is 0.898. The number of hydrogen-bond acceptors (Lipinski definition) is 5. The highest BCUT2D eigenvalue weighted by molar-refractivity contribution is 7.89. The van der Waals surface area contributed by atoms with Gasteiger partial charge < -0.3 is 5.32 Å². The van der Waals surface area contributed by atoms with Crippen LogP contribution in [-0.2, 0) is 23.0 Å². The zero-order valence-corrected chi connectivity index (χ0v) is 11.7. The molecular weight excluding hydrogens is 282 g/mol. The Hall–Kier alpha value is -1.44. The molecule has 0 aliphatic carbocycles. The van der Waals surface area contributed by atoms with Crippen molar-refractivity contribution >= 4 is 27.0 Å². The molecule has 0 spiro atoms. The second-order valence-electron chi connectivity index (χ2n) is 4.25. The van der Waals surface area contributed by atoms with Gasteiger partial charge in [-0.2, -0.15) is 0 Å². The van der Waals surface area contributed by atoms with Gasteiger partial charge in [0.1, 0.15) is 5.01 Å². The van der Waals surface area contributed by atoms with E-state index in [9.17, 15) is 8.42 Å². The Morgan fingerprint density at radius 2 is 2.32 bits per heavy atom. The molecule has 0 radical (unpaired) electrons. The summed E-state index contributed by atoms with van der Waals surface area (Å²) in [5.74, 6) is 0. The van der Waals surface area contributed by atoms with E-state index in [0.29, 0.717) is 4.90 Å². The molecule has 7 heteroatoms. The summed E-state index contributed by atoms with van der Waals surface area (Å²) in [4.78, 5) is 4.36. The van der Waals surface area contributed by atoms with Gasteiger partial charge in [-0.25, -0.2) is 18.1 Å². The van der Waals surface area contributed by atoms with Gasteiger partial charge in [-0.15, -0.1) is 11.3 Å². The molecule has 1 aliphatic heterocycles. The van der Waals surface area contributed by atoms with Gasteiger partial charge in [0.25, 0.3) is 0 Å². The van der Waals surface area contributed by atoms with Crippen molar-refractivity contribution in [3.63, 3.8) is 0 Å². The summed E-state index contributed by atoms with van der Waals surface area (Å²) in [7, 11) is -3.47. The maximum absolute atomic E-state index is 12.2. The molecule has 1 aromatic heterocycles. The van der Waals surface area contributed by atoms with Crippen LogP contribution in [0.1, 0.15) is 10.6 Å². The predicted octanol–water partition coefficient (Wildman–Crippen LogP) is 1.59. The third kappa shape index (κ3) is 2.63. The van der Waals surface area contributed by atoms with Crippen molar-refractivity contribution < 1.29 is 8.42 Å². The van der Waals surface area contributed by atoms with Crippen molar-refractivity contribution in [2.45, 2.75) is 17.9 Å². The monoisotopic (exact) mass is 295 g/mol. The van der Waals surface area contributed by atoms with E-state index in [1.165, 1.54) is 11.3 Å². The maximum atomic E-state index is 12.2. The molecule has 1 aliphatic rings. The molecule has 0 unspecified atom stereocenters. The zero-order valence-electron chi connectivity index (χ0n) is 10.1. The van der Waals surface area contributed by atoms with Gasteiger partial charge in [0.15, 0.2) is 0 Å². The summed E-state index contributed by atoms with van der Waals surface area (Å²) < 4.78 is 26.9. The minimum absolute atomic E-state index is 0.231. The van der Waals surface area contributed by atoms with Crippen LogP contribution in [0.3, 0.4) is 0 Å². The number of rotatable bonds is 4. The Bertz CT molecular complexity index is 681. The van der Waals surface area contributed by atoms with Crippen LogP contribution in [0.4, 0.5) is 5.69 Å². The number of benzene rings is 1. The summed E-state index contributed by atoms with van der Waals surface area (Å²) in [6.07, 6.45) is 2.53. The number of sulfonamides is 1. The first-order valence-electron chi connectivity index (χ1n) is 5.90. The average Bonchev–Trinajstić information content (AvgIpc) is 3.06. The molecule has 1 aromatic carbocycles. The van der Waals surface area contributed by atoms with E-state index in [1.54, 1.807) is 18.3 Å². The van der Waals surface area contributed by atoms with Crippen LogP contribution in [0.5, 0.6) is 0 Å². The van der Waals surface area contributed by atoms with Crippen LogP contribution < -0.4 is 10.0 Å². The lowest BCUT2D eigenvalue weighted by Crippen LogP contribution is -2.23. The third-order valence-electron chi connectivity index (χ3n) is 2.99. The average molecular weight is 295 g/mol. The summed E-state index contributed by atoms with van der Waals surface area (Å²) in [5, 5.41) is 5.79.